The SMILES string of the molecule is CCC(=O)CC1(c2cccs2)CC(c2ccc(Cl)cc2)NN1. The van der Waals surface area contributed by atoms with E-state index in [0.717, 1.165) is 11.4 Å². The number of ketones is 1. The smallest absolute Gasteiger partial charge is 0.134 e. The molecule has 2 unspecified atom stereocenters. The summed E-state index contributed by atoms with van der Waals surface area (Å²) in [5.41, 5.74) is 7.64. The largest absolute Gasteiger partial charge is 0.300 e. The summed E-state index contributed by atoms with van der Waals surface area (Å²) in [6, 6.07) is 12.2. The number of carbonyl (C=O) groups is 1. The Morgan fingerprint density at radius 3 is 2.77 bits per heavy atom. The average molecular weight is 335 g/mol. The van der Waals surface area contributed by atoms with Crippen molar-refractivity contribution in [1.82, 2.24) is 10.9 Å². The first kappa shape index (κ1) is 15.7. The molecule has 2 N–H and O–H groups in total. The van der Waals surface area contributed by atoms with Crippen molar-refractivity contribution in [3.63, 3.8) is 0 Å². The molecule has 116 valence electrons. The number of hydrazine groups is 1. The van der Waals surface area contributed by atoms with Crippen LogP contribution in [-0.2, 0) is 10.3 Å². The molecule has 3 rings (SSSR count). The summed E-state index contributed by atoms with van der Waals surface area (Å²) < 4.78 is 0. The summed E-state index contributed by atoms with van der Waals surface area (Å²) in [6.45, 7) is 1.92. The van der Waals surface area contributed by atoms with Crippen LogP contribution < -0.4 is 10.9 Å². The highest BCUT2D eigenvalue weighted by Crippen LogP contribution is 2.41. The van der Waals surface area contributed by atoms with Crippen LogP contribution >= 0.6 is 22.9 Å². The summed E-state index contributed by atoms with van der Waals surface area (Å²) in [5, 5.41) is 2.80. The fraction of sp³-hybridized carbons (Fsp3) is 0.353. The van der Waals surface area contributed by atoms with Crippen LogP contribution in [0.1, 0.15) is 42.7 Å². The van der Waals surface area contributed by atoms with Crippen LogP contribution in [0.4, 0.5) is 0 Å². The fourth-order valence-corrected chi connectivity index (χ4v) is 3.97. The highest BCUT2D eigenvalue weighted by molar-refractivity contribution is 7.10. The van der Waals surface area contributed by atoms with E-state index in [1.165, 1.54) is 10.4 Å². The number of Topliss-reactive ketones (excluding diaryl/α,β-unsaturated/α-hetero) is 1. The van der Waals surface area contributed by atoms with Gasteiger partial charge in [0.25, 0.3) is 0 Å². The Balaban J connectivity index is 1.86. The molecule has 1 aliphatic heterocycles. The molecule has 2 atom stereocenters. The van der Waals surface area contributed by atoms with Gasteiger partial charge in [-0.15, -0.1) is 11.3 Å². The van der Waals surface area contributed by atoms with Crippen molar-refractivity contribution in [3.05, 3.63) is 57.2 Å². The Morgan fingerprint density at radius 2 is 2.14 bits per heavy atom. The topological polar surface area (TPSA) is 41.1 Å². The summed E-state index contributed by atoms with van der Waals surface area (Å²) in [4.78, 5) is 13.3. The van der Waals surface area contributed by atoms with E-state index in [-0.39, 0.29) is 17.4 Å². The van der Waals surface area contributed by atoms with Crippen molar-refractivity contribution in [2.75, 3.05) is 0 Å². The molecular weight excluding hydrogens is 316 g/mol. The lowest BCUT2D eigenvalue weighted by atomic mass is 9.85. The number of thiophene rings is 1. The van der Waals surface area contributed by atoms with Crippen LogP contribution in [-0.4, -0.2) is 5.78 Å². The molecule has 2 aromatic rings. The number of rotatable bonds is 5. The van der Waals surface area contributed by atoms with E-state index < -0.39 is 0 Å². The Kier molecular flexibility index (Phi) is 4.64. The maximum absolute atomic E-state index is 12.1. The molecule has 1 aromatic heterocycles. The fourth-order valence-electron chi connectivity index (χ4n) is 2.95. The van der Waals surface area contributed by atoms with Gasteiger partial charge in [0, 0.05) is 28.8 Å². The molecular formula is C17H19ClN2OS. The van der Waals surface area contributed by atoms with Gasteiger partial charge >= 0.3 is 0 Å². The number of hydrogen-bond donors (Lipinski definition) is 2. The summed E-state index contributed by atoms with van der Waals surface area (Å²) >= 11 is 7.66. The lowest BCUT2D eigenvalue weighted by molar-refractivity contribution is -0.120. The van der Waals surface area contributed by atoms with E-state index in [1.807, 2.05) is 37.3 Å². The van der Waals surface area contributed by atoms with Gasteiger partial charge in [-0.05, 0) is 35.6 Å². The van der Waals surface area contributed by atoms with E-state index in [2.05, 4.69) is 22.3 Å². The zero-order chi connectivity index (χ0) is 15.6. The van der Waals surface area contributed by atoms with Gasteiger partial charge in [0.2, 0.25) is 0 Å². The van der Waals surface area contributed by atoms with Gasteiger partial charge in [-0.25, -0.2) is 10.9 Å². The van der Waals surface area contributed by atoms with Gasteiger partial charge in [-0.3, -0.25) is 4.79 Å². The molecule has 0 aliphatic carbocycles. The van der Waals surface area contributed by atoms with Crippen LogP contribution in [0.15, 0.2) is 41.8 Å². The number of nitrogens with one attached hydrogen (secondary N) is 2. The van der Waals surface area contributed by atoms with Gasteiger partial charge in [0.05, 0.1) is 5.54 Å². The minimum atomic E-state index is -0.314. The molecule has 0 spiro atoms. The first-order valence-electron chi connectivity index (χ1n) is 7.47. The Morgan fingerprint density at radius 1 is 1.36 bits per heavy atom. The first-order valence-corrected chi connectivity index (χ1v) is 8.72. The molecule has 2 heterocycles. The molecule has 22 heavy (non-hydrogen) atoms. The van der Waals surface area contributed by atoms with Crippen molar-refractivity contribution in [1.29, 1.82) is 0 Å². The second kappa shape index (κ2) is 6.50. The second-order valence-corrected chi connectivity index (χ2v) is 7.09. The van der Waals surface area contributed by atoms with Gasteiger partial charge in [0.15, 0.2) is 0 Å². The predicted molar refractivity (Wildman–Crippen MR) is 91.0 cm³/mol. The zero-order valence-corrected chi connectivity index (χ0v) is 14.0. The van der Waals surface area contributed by atoms with Crippen LogP contribution in [0.25, 0.3) is 0 Å². The number of hydrogen-bond acceptors (Lipinski definition) is 4. The Bertz CT molecular complexity index is 641. The summed E-state index contributed by atoms with van der Waals surface area (Å²) in [5.74, 6) is 0.277. The van der Waals surface area contributed by atoms with Crippen LogP contribution in [0.5, 0.6) is 0 Å². The second-order valence-electron chi connectivity index (χ2n) is 5.71. The lowest BCUT2D eigenvalue weighted by Crippen LogP contribution is -2.42. The van der Waals surface area contributed by atoms with Gasteiger partial charge in [-0.2, -0.15) is 0 Å². The molecule has 3 nitrogen and oxygen atoms in total. The van der Waals surface area contributed by atoms with Crippen molar-refractivity contribution in [2.24, 2.45) is 0 Å². The third-order valence-electron chi connectivity index (χ3n) is 4.20. The van der Waals surface area contributed by atoms with E-state index in [0.29, 0.717) is 12.8 Å². The third kappa shape index (κ3) is 3.10. The quantitative estimate of drug-likeness (QED) is 0.860. The van der Waals surface area contributed by atoms with E-state index >= 15 is 0 Å². The monoisotopic (exact) mass is 334 g/mol. The summed E-state index contributed by atoms with van der Waals surface area (Å²) in [7, 11) is 0. The van der Waals surface area contributed by atoms with Crippen LogP contribution in [0.3, 0.4) is 0 Å². The van der Waals surface area contributed by atoms with Crippen molar-refractivity contribution in [2.45, 2.75) is 37.8 Å². The van der Waals surface area contributed by atoms with E-state index in [4.69, 9.17) is 11.6 Å². The maximum atomic E-state index is 12.1. The Hall–Kier alpha value is -1.20. The molecule has 0 bridgehead atoms. The minimum absolute atomic E-state index is 0.170. The van der Waals surface area contributed by atoms with Crippen molar-refractivity contribution in [3.8, 4) is 0 Å². The predicted octanol–water partition coefficient (Wildman–Crippen LogP) is 4.21. The molecule has 1 aromatic carbocycles. The van der Waals surface area contributed by atoms with Gasteiger partial charge < -0.3 is 0 Å². The molecule has 0 saturated carbocycles. The van der Waals surface area contributed by atoms with Crippen LogP contribution in [0.2, 0.25) is 5.02 Å². The van der Waals surface area contributed by atoms with E-state index in [1.54, 1.807) is 11.3 Å². The number of carbonyl (C=O) groups excluding carboxylic acids is 1. The lowest BCUT2D eigenvalue weighted by Gasteiger charge is -2.27. The van der Waals surface area contributed by atoms with Gasteiger partial charge in [0.1, 0.15) is 5.78 Å². The molecule has 1 aliphatic rings. The standard InChI is InChI=1S/C17H19ClN2OS/c1-2-14(21)10-17(16-4-3-9-22-16)11-15(19-20-17)12-5-7-13(18)8-6-12/h3-9,15,19-20H,2,10-11H2,1H3. The highest BCUT2D eigenvalue weighted by Gasteiger charge is 2.42. The third-order valence-corrected chi connectivity index (χ3v) is 5.52. The zero-order valence-electron chi connectivity index (χ0n) is 12.4. The Labute approximate surface area is 139 Å². The van der Waals surface area contributed by atoms with E-state index in [9.17, 15) is 4.79 Å². The normalized spacial score (nSPS) is 24.5. The van der Waals surface area contributed by atoms with Gasteiger partial charge in [-0.1, -0.05) is 36.7 Å². The molecule has 0 radical (unpaired) electrons. The molecule has 0 amide bonds. The summed E-state index contributed by atoms with van der Waals surface area (Å²) in [6.07, 6.45) is 1.93. The van der Waals surface area contributed by atoms with Crippen molar-refractivity contribution >= 4 is 28.7 Å². The molecule has 5 heteroatoms. The first-order chi connectivity index (χ1) is 10.6. The average Bonchev–Trinajstić information content (AvgIpc) is 3.18. The highest BCUT2D eigenvalue weighted by atomic mass is 35.5. The number of halogens is 1. The maximum Gasteiger partial charge on any atom is 0.134 e. The number of benzene rings is 1. The van der Waals surface area contributed by atoms with Crippen LogP contribution in [0, 0.1) is 0 Å². The van der Waals surface area contributed by atoms with Crippen molar-refractivity contribution < 1.29 is 4.79 Å². The molecule has 1 fully saturated rings. The minimum Gasteiger partial charge on any atom is -0.300 e. The molecule has 1 saturated heterocycles.